The number of carbonyl (C=O) groups excluding carboxylic acids is 1. The van der Waals surface area contributed by atoms with E-state index < -0.39 is 18.0 Å². The van der Waals surface area contributed by atoms with Gasteiger partial charge in [0.25, 0.3) is 5.91 Å². The fraction of sp³-hybridized carbons (Fsp3) is 0.143. The van der Waals surface area contributed by atoms with Crippen molar-refractivity contribution in [2.24, 2.45) is 0 Å². The molecule has 0 aliphatic carbocycles. The van der Waals surface area contributed by atoms with Crippen molar-refractivity contribution in [1.82, 2.24) is 4.98 Å². The van der Waals surface area contributed by atoms with Crippen LogP contribution in [0.5, 0.6) is 0 Å². The number of benzene rings is 1. The van der Waals surface area contributed by atoms with E-state index in [-0.39, 0.29) is 5.82 Å². The third-order valence-electron chi connectivity index (χ3n) is 2.54. The third kappa shape index (κ3) is 3.35. The van der Waals surface area contributed by atoms with Crippen LogP contribution >= 0.6 is 0 Å². The Hall–Kier alpha value is -2.27. The van der Waals surface area contributed by atoms with Crippen molar-refractivity contribution in [2.75, 3.05) is 12.4 Å². The fourth-order valence-electron chi connectivity index (χ4n) is 1.69. The number of hydrogen-bond donors (Lipinski definition) is 1. The zero-order valence-corrected chi connectivity index (χ0v) is 10.3. The largest absolute Gasteiger partial charge is 0.367 e. The number of carbonyl (C=O) groups is 1. The summed E-state index contributed by atoms with van der Waals surface area (Å²) in [4.78, 5) is 15.6. The summed E-state index contributed by atoms with van der Waals surface area (Å²) < 4.78 is 18.1. The SMILES string of the molecule is COC(C(=O)Nc1cccc(F)n1)c1ccccc1. The molecule has 1 unspecified atom stereocenters. The quantitative estimate of drug-likeness (QED) is 0.859. The van der Waals surface area contributed by atoms with Crippen molar-refractivity contribution in [3.8, 4) is 0 Å². The van der Waals surface area contributed by atoms with Crippen LogP contribution in [0.2, 0.25) is 0 Å². The first kappa shape index (κ1) is 13.2. The molecule has 4 nitrogen and oxygen atoms in total. The van der Waals surface area contributed by atoms with Gasteiger partial charge in [-0.1, -0.05) is 36.4 Å². The number of ether oxygens (including phenoxy) is 1. The molecule has 1 aromatic carbocycles. The highest BCUT2D eigenvalue weighted by atomic mass is 19.1. The van der Waals surface area contributed by atoms with Gasteiger partial charge in [0, 0.05) is 7.11 Å². The first-order valence-corrected chi connectivity index (χ1v) is 5.72. The van der Waals surface area contributed by atoms with Gasteiger partial charge in [-0.05, 0) is 17.7 Å². The second-order valence-corrected chi connectivity index (χ2v) is 3.86. The van der Waals surface area contributed by atoms with Crippen molar-refractivity contribution >= 4 is 11.7 Å². The van der Waals surface area contributed by atoms with Crippen molar-refractivity contribution < 1.29 is 13.9 Å². The minimum atomic E-state index is -0.758. The zero-order chi connectivity index (χ0) is 13.7. The average molecular weight is 260 g/mol. The number of pyridine rings is 1. The van der Waals surface area contributed by atoms with Gasteiger partial charge in [0.1, 0.15) is 5.82 Å². The molecular formula is C14H13FN2O2. The maximum absolute atomic E-state index is 12.9. The number of methoxy groups -OCH3 is 1. The van der Waals surface area contributed by atoms with Gasteiger partial charge in [-0.2, -0.15) is 4.39 Å². The highest BCUT2D eigenvalue weighted by Crippen LogP contribution is 2.18. The molecule has 1 aromatic heterocycles. The Morgan fingerprint density at radius 1 is 1.21 bits per heavy atom. The van der Waals surface area contributed by atoms with Crippen molar-refractivity contribution in [3.05, 3.63) is 60.0 Å². The van der Waals surface area contributed by atoms with Gasteiger partial charge in [0.05, 0.1) is 0 Å². The molecule has 0 fully saturated rings. The van der Waals surface area contributed by atoms with Crippen LogP contribution in [0.3, 0.4) is 0 Å². The lowest BCUT2D eigenvalue weighted by Crippen LogP contribution is -2.23. The molecule has 1 atom stereocenters. The Labute approximate surface area is 110 Å². The molecule has 98 valence electrons. The Morgan fingerprint density at radius 3 is 2.58 bits per heavy atom. The van der Waals surface area contributed by atoms with Crippen LogP contribution in [0.4, 0.5) is 10.2 Å². The summed E-state index contributed by atoms with van der Waals surface area (Å²) in [6.45, 7) is 0. The number of hydrogen-bond acceptors (Lipinski definition) is 3. The number of nitrogens with zero attached hydrogens (tertiary/aromatic N) is 1. The molecule has 0 spiro atoms. The first-order valence-electron chi connectivity index (χ1n) is 5.72. The number of anilines is 1. The number of halogens is 1. The van der Waals surface area contributed by atoms with Crippen molar-refractivity contribution in [3.63, 3.8) is 0 Å². The van der Waals surface area contributed by atoms with Crippen molar-refractivity contribution in [2.45, 2.75) is 6.10 Å². The number of aromatic nitrogens is 1. The van der Waals surface area contributed by atoms with E-state index in [1.807, 2.05) is 18.2 Å². The maximum Gasteiger partial charge on any atom is 0.259 e. The summed E-state index contributed by atoms with van der Waals surface area (Å²) in [5, 5.41) is 2.52. The minimum Gasteiger partial charge on any atom is -0.367 e. The van der Waals surface area contributed by atoms with E-state index in [4.69, 9.17) is 4.74 Å². The van der Waals surface area contributed by atoms with Crippen LogP contribution < -0.4 is 5.32 Å². The number of rotatable bonds is 4. The molecule has 2 aromatic rings. The first-order chi connectivity index (χ1) is 9.20. The molecule has 19 heavy (non-hydrogen) atoms. The van der Waals surface area contributed by atoms with Crippen LogP contribution in [-0.4, -0.2) is 18.0 Å². The van der Waals surface area contributed by atoms with E-state index >= 15 is 0 Å². The van der Waals surface area contributed by atoms with Crippen LogP contribution in [0.25, 0.3) is 0 Å². The molecule has 1 amide bonds. The lowest BCUT2D eigenvalue weighted by molar-refractivity contribution is -0.126. The second-order valence-electron chi connectivity index (χ2n) is 3.86. The zero-order valence-electron chi connectivity index (χ0n) is 10.3. The molecule has 0 saturated carbocycles. The van der Waals surface area contributed by atoms with Gasteiger partial charge >= 0.3 is 0 Å². The van der Waals surface area contributed by atoms with E-state index in [2.05, 4.69) is 10.3 Å². The van der Waals surface area contributed by atoms with Gasteiger partial charge in [-0.15, -0.1) is 0 Å². The smallest absolute Gasteiger partial charge is 0.259 e. The van der Waals surface area contributed by atoms with Crippen LogP contribution in [-0.2, 0) is 9.53 Å². The highest BCUT2D eigenvalue weighted by Gasteiger charge is 2.20. The average Bonchev–Trinajstić information content (AvgIpc) is 2.41. The van der Waals surface area contributed by atoms with Gasteiger partial charge in [-0.25, -0.2) is 4.98 Å². The molecule has 0 aliphatic heterocycles. The molecule has 1 N–H and O–H groups in total. The molecular weight excluding hydrogens is 247 g/mol. The number of amides is 1. The van der Waals surface area contributed by atoms with Crippen LogP contribution in [0.1, 0.15) is 11.7 Å². The van der Waals surface area contributed by atoms with E-state index in [9.17, 15) is 9.18 Å². The standard InChI is InChI=1S/C14H13FN2O2/c1-19-13(10-6-3-2-4-7-10)14(18)17-12-9-5-8-11(15)16-12/h2-9,13H,1H3,(H,16,17,18). The Morgan fingerprint density at radius 2 is 1.95 bits per heavy atom. The summed E-state index contributed by atoms with van der Waals surface area (Å²) >= 11 is 0. The molecule has 5 heteroatoms. The predicted molar refractivity (Wildman–Crippen MR) is 69.0 cm³/mol. The molecule has 0 radical (unpaired) electrons. The minimum absolute atomic E-state index is 0.156. The van der Waals surface area contributed by atoms with E-state index in [1.54, 1.807) is 12.1 Å². The van der Waals surface area contributed by atoms with Gasteiger partial charge < -0.3 is 10.1 Å². The lowest BCUT2D eigenvalue weighted by Gasteiger charge is -2.15. The molecule has 2 rings (SSSR count). The Kier molecular flexibility index (Phi) is 4.20. The summed E-state index contributed by atoms with van der Waals surface area (Å²) in [6.07, 6.45) is -0.758. The highest BCUT2D eigenvalue weighted by molar-refractivity contribution is 5.94. The summed E-state index contributed by atoms with van der Waals surface area (Å²) in [5.74, 6) is -0.888. The molecule has 1 heterocycles. The van der Waals surface area contributed by atoms with Crippen LogP contribution in [0.15, 0.2) is 48.5 Å². The lowest BCUT2D eigenvalue weighted by atomic mass is 10.1. The number of nitrogens with one attached hydrogen (secondary N) is 1. The maximum atomic E-state index is 12.9. The van der Waals surface area contributed by atoms with Gasteiger partial charge in [0.2, 0.25) is 5.95 Å². The Bertz CT molecular complexity index is 560. The Balaban J connectivity index is 2.14. The van der Waals surface area contributed by atoms with Gasteiger partial charge in [0.15, 0.2) is 6.10 Å². The molecule has 0 aliphatic rings. The third-order valence-corrected chi connectivity index (χ3v) is 2.54. The summed E-state index contributed by atoms with van der Waals surface area (Å²) in [7, 11) is 1.44. The summed E-state index contributed by atoms with van der Waals surface area (Å²) in [5.41, 5.74) is 0.721. The fourth-order valence-corrected chi connectivity index (χ4v) is 1.69. The monoisotopic (exact) mass is 260 g/mol. The predicted octanol–water partition coefficient (Wildman–Crippen LogP) is 2.55. The van der Waals surface area contributed by atoms with Crippen molar-refractivity contribution in [1.29, 1.82) is 0 Å². The van der Waals surface area contributed by atoms with Gasteiger partial charge in [-0.3, -0.25) is 4.79 Å². The molecule has 0 saturated heterocycles. The normalized spacial score (nSPS) is 11.9. The molecule has 0 bridgehead atoms. The second kappa shape index (κ2) is 6.06. The van der Waals surface area contributed by atoms with E-state index in [1.165, 1.54) is 25.3 Å². The van der Waals surface area contributed by atoms with E-state index in [0.29, 0.717) is 0 Å². The van der Waals surface area contributed by atoms with Crippen LogP contribution in [0, 0.1) is 5.95 Å². The topological polar surface area (TPSA) is 51.2 Å². The van der Waals surface area contributed by atoms with E-state index in [0.717, 1.165) is 5.56 Å². The summed E-state index contributed by atoms with van der Waals surface area (Å²) in [6, 6.07) is 13.2.